The quantitative estimate of drug-likeness (QED) is 0.183. The number of carbonyl (C=O) groups excluding carboxylic acids is 3. The lowest BCUT2D eigenvalue weighted by molar-refractivity contribution is -0.138. The molecule has 2 amide bonds. The number of likely N-dealkylation sites (N-methyl/N-ethyl adjacent to an activating group) is 1. The first-order valence-corrected chi connectivity index (χ1v) is 14.4. The van der Waals surface area contributed by atoms with E-state index in [9.17, 15) is 27.6 Å². The van der Waals surface area contributed by atoms with Crippen LogP contribution in [0.5, 0.6) is 5.75 Å². The Morgan fingerprint density at radius 2 is 1.90 bits per heavy atom. The molecular weight excluding hydrogens is 568 g/mol. The molecule has 0 radical (unpaired) electrons. The number of benzene rings is 2. The predicted octanol–water partition coefficient (Wildman–Crippen LogP) is 1.07. The number of aldehydes is 1. The second kappa shape index (κ2) is 14.0. The Labute approximate surface area is 243 Å². The van der Waals surface area contributed by atoms with Gasteiger partial charge in [-0.25, -0.2) is 18.1 Å². The van der Waals surface area contributed by atoms with Crippen LogP contribution in [-0.2, 0) is 31.0 Å². The van der Waals surface area contributed by atoms with E-state index in [-0.39, 0.29) is 41.0 Å². The van der Waals surface area contributed by atoms with Gasteiger partial charge in [0, 0.05) is 37.3 Å². The van der Waals surface area contributed by atoms with Gasteiger partial charge in [0.1, 0.15) is 23.0 Å². The number of nitrogens with one attached hydrogen (secondary N) is 3. The second-order valence-corrected chi connectivity index (χ2v) is 11.6. The van der Waals surface area contributed by atoms with Gasteiger partial charge in [0.25, 0.3) is 5.91 Å². The summed E-state index contributed by atoms with van der Waals surface area (Å²) in [6.45, 7) is 4.43. The summed E-state index contributed by atoms with van der Waals surface area (Å²) in [5.41, 5.74) is 2.04. The van der Waals surface area contributed by atoms with E-state index in [0.29, 0.717) is 24.2 Å². The van der Waals surface area contributed by atoms with Gasteiger partial charge in [0.05, 0.1) is 36.4 Å². The normalized spacial score (nSPS) is 13.0. The molecule has 4 N–H and O–H groups in total. The third kappa shape index (κ3) is 8.83. The molecule has 3 rings (SSSR count). The second-order valence-electron chi connectivity index (χ2n) is 9.89. The standard InChI is InChI=1S/C27H34N6O8S/c1-17(14-33-16-29-22-11-19(5-7-23(22)33)27(38)28-9-10-32(3)4)41-24-12-20(30-18(2)35)6-8-25(24)42(39,40)31-21(15-34)13-26(36)37/h5-8,11-12,15-17,21,31H,9-10,13-14H2,1-4H3,(H,28,38)(H,30,35)(H,36,37)/t17-,21?/m1/s1. The molecule has 14 nitrogen and oxygen atoms in total. The average molecular weight is 603 g/mol. The Bertz CT molecular complexity index is 1570. The van der Waals surface area contributed by atoms with E-state index < -0.39 is 34.6 Å². The first-order chi connectivity index (χ1) is 19.8. The minimum Gasteiger partial charge on any atom is -0.487 e. The lowest BCUT2D eigenvalue weighted by Gasteiger charge is -2.20. The predicted molar refractivity (Wildman–Crippen MR) is 154 cm³/mol. The van der Waals surface area contributed by atoms with Crippen LogP contribution in [0.1, 0.15) is 30.6 Å². The number of anilines is 1. The van der Waals surface area contributed by atoms with Gasteiger partial charge >= 0.3 is 5.97 Å². The van der Waals surface area contributed by atoms with Crippen LogP contribution >= 0.6 is 0 Å². The van der Waals surface area contributed by atoms with Gasteiger partial charge in [-0.2, -0.15) is 0 Å². The zero-order valence-corrected chi connectivity index (χ0v) is 24.5. The number of carboxylic acid groups (broad SMARTS) is 1. The summed E-state index contributed by atoms with van der Waals surface area (Å²) in [4.78, 5) is 52.4. The van der Waals surface area contributed by atoms with Crippen LogP contribution in [-0.4, -0.2) is 91.4 Å². The Hall–Kier alpha value is -4.34. The Morgan fingerprint density at radius 3 is 2.55 bits per heavy atom. The highest BCUT2D eigenvalue weighted by molar-refractivity contribution is 7.89. The van der Waals surface area contributed by atoms with Gasteiger partial charge in [-0.05, 0) is 51.4 Å². The molecule has 0 aliphatic carbocycles. The fourth-order valence-corrected chi connectivity index (χ4v) is 5.33. The monoisotopic (exact) mass is 602 g/mol. The Balaban J connectivity index is 1.83. The Morgan fingerprint density at radius 1 is 1.17 bits per heavy atom. The topological polar surface area (TPSA) is 189 Å². The van der Waals surface area contributed by atoms with Gasteiger partial charge < -0.3 is 34.7 Å². The van der Waals surface area contributed by atoms with Gasteiger partial charge in [-0.3, -0.25) is 14.4 Å². The highest BCUT2D eigenvalue weighted by Gasteiger charge is 2.26. The lowest BCUT2D eigenvalue weighted by atomic mass is 10.2. The molecule has 0 aliphatic rings. The van der Waals surface area contributed by atoms with Crippen molar-refractivity contribution in [2.45, 2.75) is 43.9 Å². The number of rotatable bonds is 15. The number of imidazole rings is 1. The van der Waals surface area contributed by atoms with Crippen LogP contribution in [0.15, 0.2) is 47.6 Å². The lowest BCUT2D eigenvalue weighted by Crippen LogP contribution is -2.37. The van der Waals surface area contributed by atoms with E-state index in [1.807, 2.05) is 19.0 Å². The maximum absolute atomic E-state index is 13.1. The van der Waals surface area contributed by atoms with E-state index >= 15 is 0 Å². The molecule has 1 aromatic heterocycles. The summed E-state index contributed by atoms with van der Waals surface area (Å²) in [5, 5.41) is 14.4. The van der Waals surface area contributed by atoms with Gasteiger partial charge in [-0.15, -0.1) is 0 Å². The third-order valence-corrected chi connectivity index (χ3v) is 7.46. The molecule has 1 unspecified atom stereocenters. The summed E-state index contributed by atoms with van der Waals surface area (Å²) < 4.78 is 36.1. The van der Waals surface area contributed by atoms with E-state index in [2.05, 4.69) is 20.3 Å². The highest BCUT2D eigenvalue weighted by Crippen LogP contribution is 2.29. The first kappa shape index (κ1) is 32.2. The maximum atomic E-state index is 13.1. The van der Waals surface area contributed by atoms with Crippen molar-refractivity contribution in [3.63, 3.8) is 0 Å². The maximum Gasteiger partial charge on any atom is 0.305 e. The van der Waals surface area contributed by atoms with E-state index in [0.717, 1.165) is 5.52 Å². The molecule has 15 heteroatoms. The molecule has 2 aromatic carbocycles. The zero-order chi connectivity index (χ0) is 31.0. The molecule has 42 heavy (non-hydrogen) atoms. The molecule has 3 aromatic rings. The number of nitrogens with zero attached hydrogens (tertiary/aromatic N) is 3. The summed E-state index contributed by atoms with van der Waals surface area (Å²) in [6.07, 6.45) is 0.403. The minimum atomic E-state index is -4.40. The number of aromatic nitrogens is 2. The molecule has 2 atom stereocenters. The van der Waals surface area contributed by atoms with Crippen molar-refractivity contribution in [3.05, 3.63) is 48.3 Å². The first-order valence-electron chi connectivity index (χ1n) is 12.9. The fourth-order valence-electron chi connectivity index (χ4n) is 4.05. The van der Waals surface area contributed by atoms with Crippen LogP contribution in [0.4, 0.5) is 5.69 Å². The van der Waals surface area contributed by atoms with Crippen molar-refractivity contribution in [1.29, 1.82) is 0 Å². The number of ether oxygens (including phenoxy) is 1. The molecule has 0 bridgehead atoms. The van der Waals surface area contributed by atoms with Crippen molar-refractivity contribution < 1.29 is 37.4 Å². The van der Waals surface area contributed by atoms with Crippen LogP contribution in [0.3, 0.4) is 0 Å². The van der Waals surface area contributed by atoms with Crippen molar-refractivity contribution >= 4 is 50.8 Å². The average Bonchev–Trinajstić information content (AvgIpc) is 3.28. The van der Waals surface area contributed by atoms with Gasteiger partial charge in [0.15, 0.2) is 0 Å². The minimum absolute atomic E-state index is 0.123. The summed E-state index contributed by atoms with van der Waals surface area (Å²) >= 11 is 0. The highest BCUT2D eigenvalue weighted by atomic mass is 32.2. The van der Waals surface area contributed by atoms with Crippen molar-refractivity contribution in [3.8, 4) is 5.75 Å². The number of sulfonamides is 1. The van der Waals surface area contributed by atoms with E-state index in [1.165, 1.54) is 25.1 Å². The van der Waals surface area contributed by atoms with Gasteiger partial charge in [-0.1, -0.05) is 0 Å². The number of carbonyl (C=O) groups is 4. The zero-order valence-electron chi connectivity index (χ0n) is 23.7. The number of hydrogen-bond donors (Lipinski definition) is 4. The number of amides is 2. The number of fused-ring (bicyclic) bond motifs is 1. The van der Waals surface area contributed by atoms with Crippen LogP contribution < -0.4 is 20.1 Å². The fraction of sp³-hybridized carbons (Fsp3) is 0.370. The van der Waals surface area contributed by atoms with E-state index in [1.54, 1.807) is 36.0 Å². The molecule has 0 saturated carbocycles. The van der Waals surface area contributed by atoms with Crippen molar-refractivity contribution in [1.82, 2.24) is 24.5 Å². The number of hydrogen-bond acceptors (Lipinski definition) is 9. The smallest absolute Gasteiger partial charge is 0.305 e. The van der Waals surface area contributed by atoms with Gasteiger partial charge in [0.2, 0.25) is 15.9 Å². The summed E-state index contributed by atoms with van der Waals surface area (Å²) in [5.74, 6) is -2.08. The molecular formula is C27H34N6O8S. The van der Waals surface area contributed by atoms with E-state index in [4.69, 9.17) is 9.84 Å². The molecule has 226 valence electrons. The van der Waals surface area contributed by atoms with Crippen LogP contribution in [0, 0.1) is 0 Å². The molecule has 0 fully saturated rings. The van der Waals surface area contributed by atoms with Crippen LogP contribution in [0.25, 0.3) is 11.0 Å². The number of aliphatic carboxylic acids is 1. The van der Waals surface area contributed by atoms with Crippen LogP contribution in [0.2, 0.25) is 0 Å². The summed E-state index contributed by atoms with van der Waals surface area (Å²) in [7, 11) is -0.574. The SMILES string of the molecule is CC(=O)Nc1ccc(S(=O)(=O)NC(C=O)CC(=O)O)c(O[C@H](C)Cn2cnc3cc(C(=O)NCCN(C)C)ccc32)c1. The summed E-state index contributed by atoms with van der Waals surface area (Å²) in [6, 6.07) is 7.49. The third-order valence-electron chi connectivity index (χ3n) is 5.93. The molecule has 0 saturated heterocycles. The Kier molecular flexibility index (Phi) is 10.7. The van der Waals surface area contributed by atoms with Crippen molar-refractivity contribution in [2.75, 3.05) is 32.5 Å². The largest absolute Gasteiger partial charge is 0.487 e. The molecule has 0 spiro atoms. The molecule has 0 aliphatic heterocycles. The van der Waals surface area contributed by atoms with Crippen molar-refractivity contribution in [2.24, 2.45) is 0 Å². The number of carboxylic acids is 1. The molecule has 1 heterocycles.